The summed E-state index contributed by atoms with van der Waals surface area (Å²) >= 11 is 0. The molecule has 0 aliphatic carbocycles. The van der Waals surface area contributed by atoms with Gasteiger partial charge in [0.2, 0.25) is 0 Å². The van der Waals surface area contributed by atoms with Gasteiger partial charge in [-0.15, -0.1) is 0 Å². The predicted molar refractivity (Wildman–Crippen MR) is 58.1 cm³/mol. The van der Waals surface area contributed by atoms with Gasteiger partial charge in [0.1, 0.15) is 0 Å². The lowest BCUT2D eigenvalue weighted by Crippen LogP contribution is -2.12. The van der Waals surface area contributed by atoms with Crippen molar-refractivity contribution in [3.05, 3.63) is 23.5 Å². The van der Waals surface area contributed by atoms with E-state index in [1.54, 1.807) is 0 Å². The zero-order valence-corrected chi connectivity index (χ0v) is 9.28. The molecule has 1 heteroatoms. The molecule has 1 rings (SSSR count). The molecule has 1 heterocycles. The summed E-state index contributed by atoms with van der Waals surface area (Å²) in [5, 5.41) is 0. The van der Waals surface area contributed by atoms with Crippen molar-refractivity contribution in [2.75, 3.05) is 0 Å². The van der Waals surface area contributed by atoms with Crippen LogP contribution >= 0.6 is 0 Å². The molecule has 0 atom stereocenters. The summed E-state index contributed by atoms with van der Waals surface area (Å²) in [5.41, 5.74) is 3.25. The highest BCUT2D eigenvalue weighted by Crippen LogP contribution is 2.26. The third-order valence-corrected chi connectivity index (χ3v) is 2.44. The van der Waals surface area contributed by atoms with Crippen molar-refractivity contribution in [1.82, 2.24) is 4.98 Å². The van der Waals surface area contributed by atoms with E-state index in [1.165, 1.54) is 30.4 Å². The van der Waals surface area contributed by atoms with Crippen LogP contribution in [0.5, 0.6) is 0 Å². The quantitative estimate of drug-likeness (QED) is 0.729. The highest BCUT2D eigenvalue weighted by atomic mass is 14.6. The largest absolute Gasteiger partial charge is 0.367 e. The van der Waals surface area contributed by atoms with Crippen molar-refractivity contribution >= 4 is 0 Å². The molecule has 74 valence electrons. The second kappa shape index (κ2) is 3.99. The van der Waals surface area contributed by atoms with Crippen molar-refractivity contribution < 1.29 is 0 Å². The molecule has 1 aromatic heterocycles. The molecule has 0 aliphatic heterocycles. The molecule has 0 aromatic carbocycles. The van der Waals surface area contributed by atoms with E-state index in [0.29, 0.717) is 0 Å². The van der Waals surface area contributed by atoms with Gasteiger partial charge < -0.3 is 4.98 Å². The standard InChI is InChI=1S/C12H21N/c1-5-6-7-10-8-13-9-11(10)12(2,3)4/h8-9,13H,5-7H2,1-4H3. The van der Waals surface area contributed by atoms with E-state index >= 15 is 0 Å². The average Bonchev–Trinajstić information content (AvgIpc) is 2.47. The molecule has 0 saturated heterocycles. The molecule has 0 bridgehead atoms. The van der Waals surface area contributed by atoms with Crippen LogP contribution in [-0.2, 0) is 11.8 Å². The van der Waals surface area contributed by atoms with Crippen LogP contribution in [0.3, 0.4) is 0 Å². The fourth-order valence-electron chi connectivity index (χ4n) is 1.67. The Morgan fingerprint density at radius 2 is 1.92 bits per heavy atom. The van der Waals surface area contributed by atoms with E-state index in [1.807, 2.05) is 0 Å². The lowest BCUT2D eigenvalue weighted by molar-refractivity contribution is 0.582. The van der Waals surface area contributed by atoms with Crippen LogP contribution < -0.4 is 0 Å². The van der Waals surface area contributed by atoms with Crippen LogP contribution in [-0.4, -0.2) is 4.98 Å². The maximum absolute atomic E-state index is 3.21. The van der Waals surface area contributed by atoms with Gasteiger partial charge in [0.25, 0.3) is 0 Å². The van der Waals surface area contributed by atoms with Crippen LogP contribution in [0.15, 0.2) is 12.4 Å². The van der Waals surface area contributed by atoms with Crippen molar-refractivity contribution in [1.29, 1.82) is 0 Å². The molecule has 13 heavy (non-hydrogen) atoms. The third kappa shape index (κ3) is 2.61. The first kappa shape index (κ1) is 10.4. The van der Waals surface area contributed by atoms with E-state index in [9.17, 15) is 0 Å². The predicted octanol–water partition coefficient (Wildman–Crippen LogP) is 3.65. The zero-order chi connectivity index (χ0) is 9.90. The van der Waals surface area contributed by atoms with E-state index in [-0.39, 0.29) is 5.41 Å². The van der Waals surface area contributed by atoms with Gasteiger partial charge in [-0.25, -0.2) is 0 Å². The Labute approximate surface area is 81.6 Å². The summed E-state index contributed by atoms with van der Waals surface area (Å²) in [4.78, 5) is 3.21. The number of nitrogens with one attached hydrogen (secondary N) is 1. The van der Waals surface area contributed by atoms with E-state index < -0.39 is 0 Å². The minimum Gasteiger partial charge on any atom is -0.367 e. The lowest BCUT2D eigenvalue weighted by Gasteiger charge is -2.19. The Hall–Kier alpha value is -0.720. The zero-order valence-electron chi connectivity index (χ0n) is 9.28. The van der Waals surface area contributed by atoms with Gasteiger partial charge in [0.15, 0.2) is 0 Å². The van der Waals surface area contributed by atoms with Crippen LogP contribution in [0.2, 0.25) is 0 Å². The smallest absolute Gasteiger partial charge is 0.00455 e. The molecule has 1 aromatic rings. The molecule has 0 saturated carbocycles. The van der Waals surface area contributed by atoms with Gasteiger partial charge in [-0.1, -0.05) is 34.1 Å². The summed E-state index contributed by atoms with van der Waals surface area (Å²) in [6.45, 7) is 9.05. The summed E-state index contributed by atoms with van der Waals surface area (Å²) in [7, 11) is 0. The minimum absolute atomic E-state index is 0.281. The first-order chi connectivity index (χ1) is 6.05. The summed E-state index contributed by atoms with van der Waals surface area (Å²) in [6, 6.07) is 0. The third-order valence-electron chi connectivity index (χ3n) is 2.44. The highest BCUT2D eigenvalue weighted by molar-refractivity contribution is 5.29. The van der Waals surface area contributed by atoms with E-state index in [2.05, 4.69) is 45.1 Å². The maximum Gasteiger partial charge on any atom is 0.00455 e. The van der Waals surface area contributed by atoms with Crippen LogP contribution in [0.1, 0.15) is 51.7 Å². The van der Waals surface area contributed by atoms with Crippen molar-refractivity contribution in [3.63, 3.8) is 0 Å². The van der Waals surface area contributed by atoms with Gasteiger partial charge in [-0.3, -0.25) is 0 Å². The number of hydrogen-bond acceptors (Lipinski definition) is 0. The number of unbranched alkanes of at least 4 members (excludes halogenated alkanes) is 1. The molecule has 0 amide bonds. The van der Waals surface area contributed by atoms with Crippen molar-refractivity contribution in [2.45, 2.75) is 52.4 Å². The van der Waals surface area contributed by atoms with E-state index in [4.69, 9.17) is 0 Å². The van der Waals surface area contributed by atoms with Gasteiger partial charge in [-0.05, 0) is 29.4 Å². The normalized spacial score (nSPS) is 12.0. The number of H-pyrrole nitrogens is 1. The second-order valence-electron chi connectivity index (χ2n) is 4.75. The Bertz CT molecular complexity index is 252. The number of rotatable bonds is 3. The summed E-state index contributed by atoms with van der Waals surface area (Å²) < 4.78 is 0. The number of hydrogen-bond donors (Lipinski definition) is 1. The molecule has 0 unspecified atom stereocenters. The van der Waals surface area contributed by atoms with Crippen LogP contribution in [0, 0.1) is 0 Å². The number of aromatic nitrogens is 1. The molecular formula is C12H21N. The second-order valence-corrected chi connectivity index (χ2v) is 4.75. The Kier molecular flexibility index (Phi) is 3.18. The molecule has 0 spiro atoms. The number of aromatic amines is 1. The molecule has 1 N–H and O–H groups in total. The van der Waals surface area contributed by atoms with E-state index in [0.717, 1.165) is 0 Å². The molecular weight excluding hydrogens is 158 g/mol. The Morgan fingerprint density at radius 3 is 2.46 bits per heavy atom. The first-order valence-electron chi connectivity index (χ1n) is 5.22. The van der Waals surface area contributed by atoms with Gasteiger partial charge in [0, 0.05) is 12.4 Å². The highest BCUT2D eigenvalue weighted by Gasteiger charge is 2.17. The van der Waals surface area contributed by atoms with Crippen LogP contribution in [0.25, 0.3) is 0 Å². The van der Waals surface area contributed by atoms with Crippen molar-refractivity contribution in [3.8, 4) is 0 Å². The number of aryl methyl sites for hydroxylation is 1. The summed E-state index contributed by atoms with van der Waals surface area (Å²) in [6.07, 6.45) is 8.07. The first-order valence-corrected chi connectivity index (χ1v) is 5.22. The molecule has 0 radical (unpaired) electrons. The van der Waals surface area contributed by atoms with Crippen molar-refractivity contribution in [2.24, 2.45) is 0 Å². The fraction of sp³-hybridized carbons (Fsp3) is 0.667. The van der Waals surface area contributed by atoms with Gasteiger partial charge in [-0.2, -0.15) is 0 Å². The monoisotopic (exact) mass is 179 g/mol. The molecule has 0 fully saturated rings. The van der Waals surface area contributed by atoms with Crippen LogP contribution in [0.4, 0.5) is 0 Å². The topological polar surface area (TPSA) is 15.8 Å². The fourth-order valence-corrected chi connectivity index (χ4v) is 1.67. The molecule has 1 nitrogen and oxygen atoms in total. The summed E-state index contributed by atoms with van der Waals surface area (Å²) in [5.74, 6) is 0. The Balaban J connectivity index is 2.77. The lowest BCUT2D eigenvalue weighted by atomic mass is 9.85. The van der Waals surface area contributed by atoms with Gasteiger partial charge >= 0.3 is 0 Å². The maximum atomic E-state index is 3.21. The van der Waals surface area contributed by atoms with Gasteiger partial charge in [0.05, 0.1) is 0 Å². The average molecular weight is 179 g/mol. The Morgan fingerprint density at radius 1 is 1.23 bits per heavy atom. The SMILES string of the molecule is CCCCc1c[nH]cc1C(C)(C)C. The minimum atomic E-state index is 0.281. The molecule has 0 aliphatic rings.